The smallest absolute Gasteiger partial charge is 0.203 e. The van der Waals surface area contributed by atoms with Gasteiger partial charge in [-0.05, 0) is 54.7 Å². The fourth-order valence-corrected chi connectivity index (χ4v) is 3.84. The first kappa shape index (κ1) is 28.7. The van der Waals surface area contributed by atoms with Crippen LogP contribution in [0.3, 0.4) is 0 Å². The maximum Gasteiger partial charge on any atom is 0.203 e. The van der Waals surface area contributed by atoms with Gasteiger partial charge in [0.1, 0.15) is 0 Å². The SMILES string of the molecule is CCCCCCOc1cc(/C=C/c2ccncc2)cc(OCCCCCC)c1OCCCCCC. The Morgan fingerprint density at radius 2 is 1.03 bits per heavy atom. The molecule has 4 heteroatoms. The van der Waals surface area contributed by atoms with E-state index < -0.39 is 0 Å². The zero-order valence-corrected chi connectivity index (χ0v) is 22.4. The Bertz CT molecular complexity index is 784. The number of benzene rings is 1. The molecular formula is C31H47NO3. The summed E-state index contributed by atoms with van der Waals surface area (Å²) in [5.74, 6) is 2.34. The largest absolute Gasteiger partial charge is 0.490 e. The van der Waals surface area contributed by atoms with Crippen molar-refractivity contribution in [1.82, 2.24) is 4.98 Å². The van der Waals surface area contributed by atoms with Crippen LogP contribution in [-0.2, 0) is 0 Å². The number of nitrogens with zero attached hydrogens (tertiary/aromatic N) is 1. The predicted molar refractivity (Wildman–Crippen MR) is 149 cm³/mol. The Balaban J connectivity index is 2.23. The van der Waals surface area contributed by atoms with Gasteiger partial charge in [-0.3, -0.25) is 4.98 Å². The summed E-state index contributed by atoms with van der Waals surface area (Å²) in [5, 5.41) is 0. The van der Waals surface area contributed by atoms with Crippen LogP contribution in [0.1, 0.15) is 109 Å². The molecule has 2 rings (SSSR count). The molecule has 194 valence electrons. The molecule has 0 saturated heterocycles. The molecule has 0 aliphatic rings. The van der Waals surface area contributed by atoms with E-state index >= 15 is 0 Å². The second-order valence-electron chi connectivity index (χ2n) is 9.19. The molecule has 0 N–H and O–H groups in total. The molecule has 1 heterocycles. The third-order valence-corrected chi connectivity index (χ3v) is 5.97. The molecule has 0 spiro atoms. The van der Waals surface area contributed by atoms with E-state index in [1.165, 1.54) is 57.8 Å². The van der Waals surface area contributed by atoms with E-state index in [1.807, 2.05) is 24.5 Å². The van der Waals surface area contributed by atoms with Crippen molar-refractivity contribution in [2.75, 3.05) is 19.8 Å². The van der Waals surface area contributed by atoms with Crippen molar-refractivity contribution < 1.29 is 14.2 Å². The standard InChI is InChI=1S/C31H47NO3/c1-4-7-10-13-22-33-29-25-28(17-16-27-18-20-32-21-19-27)26-30(34-23-14-11-8-5-2)31(29)35-24-15-12-9-6-3/h16-21,25-26H,4-15,22-24H2,1-3H3/b17-16+. The maximum atomic E-state index is 6.31. The van der Waals surface area contributed by atoms with E-state index in [-0.39, 0.29) is 0 Å². The lowest BCUT2D eigenvalue weighted by atomic mass is 10.1. The van der Waals surface area contributed by atoms with Crippen LogP contribution in [0.25, 0.3) is 12.2 Å². The van der Waals surface area contributed by atoms with Gasteiger partial charge in [0.15, 0.2) is 11.5 Å². The van der Waals surface area contributed by atoms with Crippen LogP contribution in [0.5, 0.6) is 17.2 Å². The Kier molecular flexibility index (Phi) is 15.4. The van der Waals surface area contributed by atoms with Gasteiger partial charge in [0.25, 0.3) is 0 Å². The molecule has 0 unspecified atom stereocenters. The number of hydrogen-bond acceptors (Lipinski definition) is 4. The lowest BCUT2D eigenvalue weighted by Gasteiger charge is -2.18. The van der Waals surface area contributed by atoms with Crippen LogP contribution in [-0.4, -0.2) is 24.8 Å². The number of aromatic nitrogens is 1. The van der Waals surface area contributed by atoms with E-state index in [4.69, 9.17) is 14.2 Å². The van der Waals surface area contributed by atoms with E-state index in [9.17, 15) is 0 Å². The van der Waals surface area contributed by atoms with E-state index in [2.05, 4.69) is 50.0 Å². The van der Waals surface area contributed by atoms with Gasteiger partial charge in [0.2, 0.25) is 5.75 Å². The van der Waals surface area contributed by atoms with E-state index in [0.29, 0.717) is 19.8 Å². The van der Waals surface area contributed by atoms with Crippen LogP contribution in [0, 0.1) is 0 Å². The Labute approximate surface area is 214 Å². The van der Waals surface area contributed by atoms with E-state index in [1.54, 1.807) is 0 Å². The summed E-state index contributed by atoms with van der Waals surface area (Å²) in [6.07, 6.45) is 21.9. The van der Waals surface area contributed by atoms with Crippen LogP contribution in [0.4, 0.5) is 0 Å². The average molecular weight is 482 g/mol. The van der Waals surface area contributed by atoms with Gasteiger partial charge in [-0.25, -0.2) is 0 Å². The predicted octanol–water partition coefficient (Wildman–Crippen LogP) is 9.13. The van der Waals surface area contributed by atoms with Crippen LogP contribution in [0.2, 0.25) is 0 Å². The molecule has 0 aliphatic carbocycles. The number of unbranched alkanes of at least 4 members (excludes halogenated alkanes) is 9. The quantitative estimate of drug-likeness (QED) is 0.177. The third kappa shape index (κ3) is 12.2. The first-order valence-electron chi connectivity index (χ1n) is 13.9. The van der Waals surface area contributed by atoms with Crippen molar-refractivity contribution in [3.8, 4) is 17.2 Å². The van der Waals surface area contributed by atoms with Crippen molar-refractivity contribution in [3.05, 3.63) is 47.8 Å². The monoisotopic (exact) mass is 481 g/mol. The molecule has 0 amide bonds. The topological polar surface area (TPSA) is 40.6 Å². The molecule has 0 fully saturated rings. The first-order chi connectivity index (χ1) is 17.3. The molecule has 2 aromatic rings. The molecule has 0 radical (unpaired) electrons. The zero-order chi connectivity index (χ0) is 25.0. The summed E-state index contributed by atoms with van der Waals surface area (Å²) in [4.78, 5) is 4.11. The van der Waals surface area contributed by atoms with Gasteiger partial charge < -0.3 is 14.2 Å². The molecule has 0 atom stereocenters. The summed E-state index contributed by atoms with van der Waals surface area (Å²) in [7, 11) is 0. The lowest BCUT2D eigenvalue weighted by molar-refractivity contribution is 0.234. The summed E-state index contributed by atoms with van der Waals surface area (Å²) < 4.78 is 18.9. The van der Waals surface area contributed by atoms with Gasteiger partial charge in [-0.15, -0.1) is 0 Å². The van der Waals surface area contributed by atoms with Crippen molar-refractivity contribution in [1.29, 1.82) is 0 Å². The molecule has 35 heavy (non-hydrogen) atoms. The summed E-state index contributed by atoms with van der Waals surface area (Å²) in [6.45, 7) is 8.76. The van der Waals surface area contributed by atoms with Gasteiger partial charge in [0, 0.05) is 12.4 Å². The van der Waals surface area contributed by atoms with Crippen molar-refractivity contribution in [2.24, 2.45) is 0 Å². The highest BCUT2D eigenvalue weighted by Gasteiger charge is 2.15. The minimum absolute atomic E-state index is 0.685. The van der Waals surface area contributed by atoms with Crippen LogP contribution < -0.4 is 14.2 Å². The molecule has 0 saturated carbocycles. The number of rotatable bonds is 20. The fourth-order valence-electron chi connectivity index (χ4n) is 3.84. The normalized spacial score (nSPS) is 11.2. The zero-order valence-electron chi connectivity index (χ0n) is 22.4. The Morgan fingerprint density at radius 3 is 1.51 bits per heavy atom. The molecule has 1 aromatic carbocycles. The van der Waals surface area contributed by atoms with Crippen molar-refractivity contribution >= 4 is 12.2 Å². The minimum Gasteiger partial charge on any atom is -0.490 e. The second-order valence-corrected chi connectivity index (χ2v) is 9.19. The molecular weight excluding hydrogens is 434 g/mol. The number of ether oxygens (including phenoxy) is 3. The van der Waals surface area contributed by atoms with Crippen LogP contribution >= 0.6 is 0 Å². The number of hydrogen-bond donors (Lipinski definition) is 0. The van der Waals surface area contributed by atoms with Gasteiger partial charge in [0.05, 0.1) is 19.8 Å². The highest BCUT2D eigenvalue weighted by molar-refractivity contribution is 5.72. The summed E-state index contributed by atoms with van der Waals surface area (Å²) >= 11 is 0. The molecule has 1 aromatic heterocycles. The lowest BCUT2D eigenvalue weighted by Crippen LogP contribution is -2.06. The maximum absolute atomic E-state index is 6.31. The number of pyridine rings is 1. The van der Waals surface area contributed by atoms with Gasteiger partial charge in [-0.1, -0.05) is 90.7 Å². The highest BCUT2D eigenvalue weighted by Crippen LogP contribution is 2.40. The van der Waals surface area contributed by atoms with Crippen molar-refractivity contribution in [3.63, 3.8) is 0 Å². The summed E-state index contributed by atoms with van der Waals surface area (Å²) in [5.41, 5.74) is 2.16. The molecule has 0 aliphatic heterocycles. The highest BCUT2D eigenvalue weighted by atomic mass is 16.5. The fraction of sp³-hybridized carbons (Fsp3) is 0.581. The molecule has 0 bridgehead atoms. The minimum atomic E-state index is 0.685. The Hall–Kier alpha value is -2.49. The average Bonchev–Trinajstić information content (AvgIpc) is 2.88. The first-order valence-corrected chi connectivity index (χ1v) is 13.9. The summed E-state index contributed by atoms with van der Waals surface area (Å²) in [6, 6.07) is 8.17. The van der Waals surface area contributed by atoms with Crippen LogP contribution in [0.15, 0.2) is 36.7 Å². The Morgan fingerprint density at radius 1 is 0.571 bits per heavy atom. The second kappa shape index (κ2) is 18.8. The van der Waals surface area contributed by atoms with Crippen molar-refractivity contribution in [2.45, 2.75) is 97.8 Å². The molecule has 4 nitrogen and oxygen atoms in total. The van der Waals surface area contributed by atoms with E-state index in [0.717, 1.165) is 47.6 Å². The van der Waals surface area contributed by atoms with Gasteiger partial charge >= 0.3 is 0 Å². The third-order valence-electron chi connectivity index (χ3n) is 5.97. The van der Waals surface area contributed by atoms with Gasteiger partial charge in [-0.2, -0.15) is 0 Å².